The zero-order valence-electron chi connectivity index (χ0n) is 13.4. The van der Waals surface area contributed by atoms with Gasteiger partial charge in [0.05, 0.1) is 11.1 Å². The average molecular weight is 330 g/mol. The molecule has 0 unspecified atom stereocenters. The third-order valence-corrected chi connectivity index (χ3v) is 4.25. The van der Waals surface area contributed by atoms with Gasteiger partial charge in [-0.15, -0.1) is 11.8 Å². The van der Waals surface area contributed by atoms with Crippen molar-refractivity contribution in [3.8, 4) is 0 Å². The lowest BCUT2D eigenvalue weighted by atomic mass is 9.93. The van der Waals surface area contributed by atoms with E-state index in [2.05, 4.69) is 10.3 Å². The summed E-state index contributed by atoms with van der Waals surface area (Å²) in [5.41, 5.74) is 1.72. The van der Waals surface area contributed by atoms with Crippen LogP contribution in [0.15, 0.2) is 53.7 Å². The Kier molecular flexibility index (Phi) is 6.62. The van der Waals surface area contributed by atoms with Gasteiger partial charge in [-0.05, 0) is 37.3 Å². The molecule has 2 atom stereocenters. The standard InChI is InChI=1S/C18H22N2O2S/c1-13(21)10-16(14-6-4-3-5-7-14)12-20-18(22)15-8-9-19-17(11-15)23-2/h3-9,11,13,16,21H,10,12H2,1-2H3,(H,20,22)/t13-,16-/m0/s1. The van der Waals surface area contributed by atoms with Gasteiger partial charge in [-0.25, -0.2) is 4.98 Å². The molecule has 4 nitrogen and oxygen atoms in total. The zero-order chi connectivity index (χ0) is 16.7. The molecule has 23 heavy (non-hydrogen) atoms. The largest absolute Gasteiger partial charge is 0.393 e. The summed E-state index contributed by atoms with van der Waals surface area (Å²) in [4.78, 5) is 16.5. The first-order chi connectivity index (χ1) is 11.1. The topological polar surface area (TPSA) is 62.2 Å². The lowest BCUT2D eigenvalue weighted by Crippen LogP contribution is -2.29. The Morgan fingerprint density at radius 2 is 2.04 bits per heavy atom. The van der Waals surface area contributed by atoms with Crippen LogP contribution in [0.25, 0.3) is 0 Å². The summed E-state index contributed by atoms with van der Waals surface area (Å²) in [5, 5.41) is 13.5. The van der Waals surface area contributed by atoms with Gasteiger partial charge in [0.1, 0.15) is 0 Å². The van der Waals surface area contributed by atoms with E-state index in [4.69, 9.17) is 0 Å². The molecule has 0 fully saturated rings. The van der Waals surface area contributed by atoms with Crippen molar-refractivity contribution in [2.75, 3.05) is 12.8 Å². The Labute approximate surface area is 141 Å². The molecule has 5 heteroatoms. The highest BCUT2D eigenvalue weighted by molar-refractivity contribution is 7.98. The summed E-state index contributed by atoms with van der Waals surface area (Å²) in [6.45, 7) is 2.26. The minimum Gasteiger partial charge on any atom is -0.393 e. The summed E-state index contributed by atoms with van der Waals surface area (Å²) >= 11 is 1.51. The average Bonchev–Trinajstić information content (AvgIpc) is 2.58. The van der Waals surface area contributed by atoms with Crippen molar-refractivity contribution < 1.29 is 9.90 Å². The molecule has 1 aromatic heterocycles. The van der Waals surface area contributed by atoms with Crippen molar-refractivity contribution in [2.45, 2.75) is 30.4 Å². The van der Waals surface area contributed by atoms with Gasteiger partial charge < -0.3 is 10.4 Å². The molecule has 1 heterocycles. The molecule has 0 saturated heterocycles. The van der Waals surface area contributed by atoms with Gasteiger partial charge in [0.15, 0.2) is 0 Å². The SMILES string of the molecule is CSc1cc(C(=O)NC[C@H](C[C@H](C)O)c2ccccc2)ccn1. The molecular formula is C18H22N2O2S. The van der Waals surface area contributed by atoms with Crippen LogP contribution in [-0.4, -0.2) is 34.9 Å². The Morgan fingerprint density at radius 1 is 1.30 bits per heavy atom. The minimum atomic E-state index is -0.416. The predicted octanol–water partition coefficient (Wildman–Crippen LogP) is 3.09. The fourth-order valence-electron chi connectivity index (χ4n) is 2.45. The Balaban J connectivity index is 2.04. The molecule has 2 rings (SSSR count). The van der Waals surface area contributed by atoms with Crippen LogP contribution in [0.2, 0.25) is 0 Å². The summed E-state index contributed by atoms with van der Waals surface area (Å²) in [6, 6.07) is 13.4. The number of benzene rings is 1. The number of nitrogens with one attached hydrogen (secondary N) is 1. The molecule has 1 aromatic carbocycles. The molecule has 0 aliphatic carbocycles. The van der Waals surface area contributed by atoms with Crippen molar-refractivity contribution in [2.24, 2.45) is 0 Å². The molecular weight excluding hydrogens is 308 g/mol. The monoisotopic (exact) mass is 330 g/mol. The number of carbonyl (C=O) groups is 1. The number of nitrogens with zero attached hydrogens (tertiary/aromatic N) is 1. The number of carbonyl (C=O) groups excluding carboxylic acids is 1. The second-order valence-electron chi connectivity index (χ2n) is 5.49. The Hall–Kier alpha value is -1.85. The molecule has 122 valence electrons. The van der Waals surface area contributed by atoms with Gasteiger partial charge in [0, 0.05) is 24.2 Å². The zero-order valence-corrected chi connectivity index (χ0v) is 14.2. The maximum atomic E-state index is 12.3. The van der Waals surface area contributed by atoms with E-state index in [9.17, 15) is 9.90 Å². The molecule has 0 bridgehead atoms. The van der Waals surface area contributed by atoms with Crippen molar-refractivity contribution in [1.29, 1.82) is 0 Å². The fourth-order valence-corrected chi connectivity index (χ4v) is 2.87. The summed E-state index contributed by atoms with van der Waals surface area (Å²) < 4.78 is 0. The van der Waals surface area contributed by atoms with Crippen LogP contribution in [-0.2, 0) is 0 Å². The first-order valence-corrected chi connectivity index (χ1v) is 8.84. The maximum absolute atomic E-state index is 12.3. The second-order valence-corrected chi connectivity index (χ2v) is 6.32. The number of aromatic nitrogens is 1. The first-order valence-electron chi connectivity index (χ1n) is 7.61. The van der Waals surface area contributed by atoms with Crippen molar-refractivity contribution in [1.82, 2.24) is 10.3 Å². The number of pyridine rings is 1. The van der Waals surface area contributed by atoms with Gasteiger partial charge in [0.25, 0.3) is 5.91 Å². The second kappa shape index (κ2) is 8.70. The van der Waals surface area contributed by atoms with E-state index in [1.165, 1.54) is 11.8 Å². The van der Waals surface area contributed by atoms with Crippen LogP contribution in [0.3, 0.4) is 0 Å². The molecule has 0 aliphatic rings. The van der Waals surface area contributed by atoms with Gasteiger partial charge >= 0.3 is 0 Å². The van der Waals surface area contributed by atoms with Gasteiger partial charge in [-0.2, -0.15) is 0 Å². The molecule has 0 radical (unpaired) electrons. The molecule has 2 N–H and O–H groups in total. The maximum Gasteiger partial charge on any atom is 0.251 e. The van der Waals surface area contributed by atoms with Crippen molar-refractivity contribution in [3.63, 3.8) is 0 Å². The Morgan fingerprint density at radius 3 is 2.70 bits per heavy atom. The van der Waals surface area contributed by atoms with Crippen LogP contribution in [0.4, 0.5) is 0 Å². The van der Waals surface area contributed by atoms with Gasteiger partial charge in [-0.1, -0.05) is 30.3 Å². The van der Waals surface area contributed by atoms with Crippen LogP contribution in [0, 0.1) is 0 Å². The van der Waals surface area contributed by atoms with Crippen LogP contribution < -0.4 is 5.32 Å². The smallest absolute Gasteiger partial charge is 0.251 e. The lowest BCUT2D eigenvalue weighted by molar-refractivity contribution is 0.0945. The van der Waals surface area contributed by atoms with Crippen LogP contribution in [0.5, 0.6) is 0 Å². The summed E-state index contributed by atoms with van der Waals surface area (Å²) in [6.07, 6.45) is 3.76. The number of hydrogen-bond acceptors (Lipinski definition) is 4. The van der Waals surface area contributed by atoms with E-state index in [1.54, 1.807) is 25.3 Å². The van der Waals surface area contributed by atoms with E-state index in [0.29, 0.717) is 18.5 Å². The van der Waals surface area contributed by atoms with E-state index >= 15 is 0 Å². The van der Waals surface area contributed by atoms with E-state index in [0.717, 1.165) is 10.6 Å². The molecule has 2 aromatic rings. The Bertz CT molecular complexity index is 632. The predicted molar refractivity (Wildman–Crippen MR) is 93.8 cm³/mol. The minimum absolute atomic E-state index is 0.0852. The van der Waals surface area contributed by atoms with E-state index in [1.807, 2.05) is 36.6 Å². The highest BCUT2D eigenvalue weighted by atomic mass is 32.2. The third-order valence-electron chi connectivity index (χ3n) is 3.61. The van der Waals surface area contributed by atoms with Crippen molar-refractivity contribution in [3.05, 3.63) is 59.8 Å². The first kappa shape index (κ1) is 17.5. The molecule has 0 aliphatic heterocycles. The fraction of sp³-hybridized carbons (Fsp3) is 0.333. The molecule has 0 saturated carbocycles. The van der Waals surface area contributed by atoms with Crippen LogP contribution >= 0.6 is 11.8 Å². The number of aliphatic hydroxyl groups is 1. The quantitative estimate of drug-likeness (QED) is 0.766. The van der Waals surface area contributed by atoms with Crippen molar-refractivity contribution >= 4 is 17.7 Å². The highest BCUT2D eigenvalue weighted by Gasteiger charge is 2.16. The number of rotatable bonds is 7. The normalized spacial score (nSPS) is 13.3. The number of aliphatic hydroxyl groups excluding tert-OH is 1. The lowest BCUT2D eigenvalue weighted by Gasteiger charge is -2.19. The highest BCUT2D eigenvalue weighted by Crippen LogP contribution is 2.21. The summed E-state index contributed by atoms with van der Waals surface area (Å²) in [5.74, 6) is -0.0313. The third kappa shape index (κ3) is 5.37. The number of thioether (sulfide) groups is 1. The van der Waals surface area contributed by atoms with Gasteiger partial charge in [0.2, 0.25) is 0 Å². The van der Waals surface area contributed by atoms with E-state index < -0.39 is 6.10 Å². The molecule has 0 spiro atoms. The molecule has 1 amide bonds. The number of amides is 1. The van der Waals surface area contributed by atoms with Gasteiger partial charge in [-0.3, -0.25) is 4.79 Å². The summed E-state index contributed by atoms with van der Waals surface area (Å²) in [7, 11) is 0. The van der Waals surface area contributed by atoms with Crippen LogP contribution in [0.1, 0.15) is 35.2 Å². The van der Waals surface area contributed by atoms with E-state index in [-0.39, 0.29) is 11.8 Å². The number of hydrogen-bond donors (Lipinski definition) is 2.